The molecular weight excluding hydrogens is 207 g/mol. The Kier molecular flexibility index (Phi) is 2.70. The predicted octanol–water partition coefficient (Wildman–Crippen LogP) is 1.39. The minimum atomic E-state index is -0.241. The van der Waals surface area contributed by atoms with E-state index < -0.39 is 0 Å². The van der Waals surface area contributed by atoms with Crippen molar-refractivity contribution in [3.8, 4) is 11.4 Å². The molecule has 84 valence electrons. The Hall–Kier alpha value is -1.75. The summed E-state index contributed by atoms with van der Waals surface area (Å²) in [6.45, 7) is 2.04. The number of hydrogen-bond donors (Lipinski definition) is 1. The Balaban J connectivity index is 2.50. The molecule has 0 unspecified atom stereocenters. The number of nitrogens with zero attached hydrogens (tertiary/aromatic N) is 3. The first-order valence-electron chi connectivity index (χ1n) is 4.98. The Morgan fingerprint density at radius 1 is 1.38 bits per heavy atom. The average Bonchev–Trinajstić information content (AvgIpc) is 2.64. The van der Waals surface area contributed by atoms with Gasteiger partial charge in [-0.3, -0.25) is 0 Å². The molecule has 0 saturated heterocycles. The molecule has 0 amide bonds. The topological polar surface area (TPSA) is 56.7 Å². The van der Waals surface area contributed by atoms with E-state index in [0.29, 0.717) is 29.3 Å². The fraction of sp³-hybridized carbons (Fsp3) is 0.273. The number of benzene rings is 1. The van der Waals surface area contributed by atoms with Crippen LogP contribution in [0.5, 0.6) is 0 Å². The Bertz CT molecular complexity index is 519. The van der Waals surface area contributed by atoms with E-state index in [1.54, 1.807) is 17.6 Å². The average molecular weight is 220 g/mol. The molecule has 0 radical (unpaired) electrons. The third kappa shape index (κ3) is 1.69. The van der Waals surface area contributed by atoms with Crippen molar-refractivity contribution in [2.45, 2.75) is 13.5 Å². The van der Waals surface area contributed by atoms with Crippen LogP contribution >= 0.6 is 0 Å². The molecule has 0 spiro atoms. The van der Waals surface area contributed by atoms with E-state index >= 15 is 0 Å². The van der Waals surface area contributed by atoms with Crippen molar-refractivity contribution >= 4 is 0 Å². The van der Waals surface area contributed by atoms with Gasteiger partial charge in [-0.25, -0.2) is 4.39 Å². The molecule has 5 heteroatoms. The van der Waals surface area contributed by atoms with Gasteiger partial charge in [0.05, 0.1) is 6.54 Å². The SMILES string of the molecule is Cc1ccc(-c2nnc(CN)n2C)cc1F. The van der Waals surface area contributed by atoms with Crippen molar-refractivity contribution in [2.75, 3.05) is 0 Å². The number of aromatic nitrogens is 3. The van der Waals surface area contributed by atoms with Crippen LogP contribution in [0, 0.1) is 12.7 Å². The van der Waals surface area contributed by atoms with Crippen molar-refractivity contribution in [1.82, 2.24) is 14.8 Å². The first-order chi connectivity index (χ1) is 7.63. The van der Waals surface area contributed by atoms with Crippen LogP contribution < -0.4 is 5.73 Å². The Labute approximate surface area is 92.9 Å². The highest BCUT2D eigenvalue weighted by atomic mass is 19.1. The lowest BCUT2D eigenvalue weighted by Gasteiger charge is -2.03. The number of nitrogens with two attached hydrogens (primary N) is 1. The number of rotatable bonds is 2. The van der Waals surface area contributed by atoms with E-state index in [4.69, 9.17) is 5.73 Å². The first kappa shape index (κ1) is 10.8. The standard InChI is InChI=1S/C11H13FN4/c1-7-3-4-8(5-9(7)12)11-15-14-10(6-13)16(11)2/h3-5H,6,13H2,1-2H3. The van der Waals surface area contributed by atoms with Crippen LogP contribution in [-0.2, 0) is 13.6 Å². The monoisotopic (exact) mass is 220 g/mol. The molecule has 1 aromatic heterocycles. The van der Waals surface area contributed by atoms with Gasteiger partial charge in [-0.15, -0.1) is 10.2 Å². The summed E-state index contributed by atoms with van der Waals surface area (Å²) < 4.78 is 15.2. The van der Waals surface area contributed by atoms with Gasteiger partial charge < -0.3 is 10.3 Å². The lowest BCUT2D eigenvalue weighted by molar-refractivity contribution is 0.618. The molecule has 1 aromatic carbocycles. The molecule has 2 aromatic rings. The summed E-state index contributed by atoms with van der Waals surface area (Å²) in [5.41, 5.74) is 6.82. The van der Waals surface area contributed by atoms with Gasteiger partial charge in [-0.1, -0.05) is 12.1 Å². The molecule has 0 fully saturated rings. The molecular formula is C11H13FN4. The second-order valence-corrected chi connectivity index (χ2v) is 3.67. The molecule has 0 aliphatic heterocycles. The number of hydrogen-bond acceptors (Lipinski definition) is 3. The second kappa shape index (κ2) is 4.02. The minimum absolute atomic E-state index is 0.241. The van der Waals surface area contributed by atoms with Crippen molar-refractivity contribution < 1.29 is 4.39 Å². The second-order valence-electron chi connectivity index (χ2n) is 3.67. The van der Waals surface area contributed by atoms with Crippen molar-refractivity contribution in [2.24, 2.45) is 12.8 Å². The zero-order valence-electron chi connectivity index (χ0n) is 9.24. The maximum Gasteiger partial charge on any atom is 0.163 e. The summed E-state index contributed by atoms with van der Waals surface area (Å²) in [5.74, 6) is 1.06. The molecule has 0 bridgehead atoms. The van der Waals surface area contributed by atoms with E-state index in [1.165, 1.54) is 6.07 Å². The zero-order valence-corrected chi connectivity index (χ0v) is 9.24. The zero-order chi connectivity index (χ0) is 11.7. The van der Waals surface area contributed by atoms with Gasteiger partial charge in [0.25, 0.3) is 0 Å². The van der Waals surface area contributed by atoms with E-state index in [-0.39, 0.29) is 5.82 Å². The summed E-state index contributed by atoms with van der Waals surface area (Å²) >= 11 is 0. The summed E-state index contributed by atoms with van der Waals surface area (Å²) in [7, 11) is 1.81. The molecule has 0 atom stereocenters. The summed E-state index contributed by atoms with van der Waals surface area (Å²) in [5, 5.41) is 7.92. The molecule has 2 rings (SSSR count). The van der Waals surface area contributed by atoms with Gasteiger partial charge in [0.1, 0.15) is 11.6 Å². The van der Waals surface area contributed by atoms with Gasteiger partial charge in [0.2, 0.25) is 0 Å². The fourth-order valence-electron chi connectivity index (χ4n) is 1.52. The quantitative estimate of drug-likeness (QED) is 0.832. The van der Waals surface area contributed by atoms with Crippen LogP contribution in [0.4, 0.5) is 4.39 Å². The van der Waals surface area contributed by atoms with E-state index in [2.05, 4.69) is 10.2 Å². The highest BCUT2D eigenvalue weighted by Gasteiger charge is 2.10. The largest absolute Gasteiger partial charge is 0.324 e. The van der Waals surface area contributed by atoms with Gasteiger partial charge in [0.15, 0.2) is 5.82 Å². The van der Waals surface area contributed by atoms with Gasteiger partial charge in [0, 0.05) is 12.6 Å². The fourth-order valence-corrected chi connectivity index (χ4v) is 1.52. The number of aryl methyl sites for hydroxylation is 1. The normalized spacial score (nSPS) is 10.8. The lowest BCUT2D eigenvalue weighted by atomic mass is 10.1. The van der Waals surface area contributed by atoms with Crippen molar-refractivity contribution in [1.29, 1.82) is 0 Å². The molecule has 2 N–H and O–H groups in total. The third-order valence-electron chi connectivity index (χ3n) is 2.58. The highest BCUT2D eigenvalue weighted by molar-refractivity contribution is 5.56. The third-order valence-corrected chi connectivity index (χ3v) is 2.58. The van der Waals surface area contributed by atoms with Crippen LogP contribution in [-0.4, -0.2) is 14.8 Å². The Morgan fingerprint density at radius 2 is 2.12 bits per heavy atom. The van der Waals surface area contributed by atoms with E-state index in [9.17, 15) is 4.39 Å². The summed E-state index contributed by atoms with van der Waals surface area (Å²) in [4.78, 5) is 0. The smallest absolute Gasteiger partial charge is 0.163 e. The predicted molar refractivity (Wildman–Crippen MR) is 59.0 cm³/mol. The van der Waals surface area contributed by atoms with Crippen molar-refractivity contribution in [3.63, 3.8) is 0 Å². The molecule has 0 aliphatic rings. The maximum atomic E-state index is 13.4. The summed E-state index contributed by atoms with van der Waals surface area (Å²) in [6.07, 6.45) is 0. The van der Waals surface area contributed by atoms with Crippen LogP contribution in [0.1, 0.15) is 11.4 Å². The molecule has 0 aliphatic carbocycles. The molecule has 16 heavy (non-hydrogen) atoms. The summed E-state index contributed by atoms with van der Waals surface area (Å²) in [6, 6.07) is 5.00. The van der Waals surface area contributed by atoms with Gasteiger partial charge in [-0.2, -0.15) is 0 Å². The van der Waals surface area contributed by atoms with Crippen LogP contribution in [0.3, 0.4) is 0 Å². The molecule has 0 saturated carbocycles. The Morgan fingerprint density at radius 3 is 2.69 bits per heavy atom. The van der Waals surface area contributed by atoms with Crippen LogP contribution in [0.15, 0.2) is 18.2 Å². The first-order valence-corrected chi connectivity index (χ1v) is 4.98. The van der Waals surface area contributed by atoms with E-state index in [0.717, 1.165) is 0 Å². The van der Waals surface area contributed by atoms with Gasteiger partial charge in [-0.05, 0) is 18.6 Å². The van der Waals surface area contributed by atoms with E-state index in [1.807, 2.05) is 13.1 Å². The molecule has 4 nitrogen and oxygen atoms in total. The van der Waals surface area contributed by atoms with Crippen molar-refractivity contribution in [3.05, 3.63) is 35.4 Å². The molecule has 1 heterocycles. The lowest BCUT2D eigenvalue weighted by Crippen LogP contribution is -2.05. The number of halogens is 1. The van der Waals surface area contributed by atoms with Crippen LogP contribution in [0.25, 0.3) is 11.4 Å². The van der Waals surface area contributed by atoms with Crippen LogP contribution in [0.2, 0.25) is 0 Å². The maximum absolute atomic E-state index is 13.4. The van der Waals surface area contributed by atoms with Gasteiger partial charge >= 0.3 is 0 Å². The minimum Gasteiger partial charge on any atom is -0.324 e. The highest BCUT2D eigenvalue weighted by Crippen LogP contribution is 2.19.